The highest BCUT2D eigenvalue weighted by atomic mass is 16.3. The molecule has 1 saturated heterocycles. The van der Waals surface area contributed by atoms with Crippen molar-refractivity contribution in [2.45, 2.75) is 25.6 Å². The van der Waals surface area contributed by atoms with Crippen LogP contribution in [0.1, 0.15) is 12.6 Å². The molecule has 88 valence electrons. The van der Waals surface area contributed by atoms with Gasteiger partial charge in [-0.15, -0.1) is 0 Å². The summed E-state index contributed by atoms with van der Waals surface area (Å²) in [6, 6.07) is 6.38. The van der Waals surface area contributed by atoms with Crippen molar-refractivity contribution in [1.29, 1.82) is 0 Å². The van der Waals surface area contributed by atoms with Crippen LogP contribution in [0.5, 0.6) is 0 Å². The Kier molecular flexibility index (Phi) is 3.88. The molecule has 1 fully saturated rings. The van der Waals surface area contributed by atoms with Gasteiger partial charge in [-0.2, -0.15) is 0 Å². The maximum absolute atomic E-state index is 9.73. The van der Waals surface area contributed by atoms with Crippen LogP contribution in [0.25, 0.3) is 0 Å². The van der Waals surface area contributed by atoms with Crippen LogP contribution in [0.2, 0.25) is 0 Å². The van der Waals surface area contributed by atoms with Crippen LogP contribution in [0, 0.1) is 0 Å². The van der Waals surface area contributed by atoms with Crippen molar-refractivity contribution >= 4 is 0 Å². The monoisotopic (exact) mass is 221 g/mol. The smallest absolute Gasteiger partial charge is 0.0791 e. The molecule has 0 radical (unpaired) electrons. The first-order valence-corrected chi connectivity index (χ1v) is 5.78. The molecule has 4 nitrogen and oxygen atoms in total. The van der Waals surface area contributed by atoms with Gasteiger partial charge in [0.15, 0.2) is 0 Å². The molecule has 2 N–H and O–H groups in total. The molecule has 2 heterocycles. The molecule has 16 heavy (non-hydrogen) atoms. The van der Waals surface area contributed by atoms with Gasteiger partial charge in [0.25, 0.3) is 0 Å². The number of rotatable bonds is 2. The van der Waals surface area contributed by atoms with Gasteiger partial charge >= 0.3 is 0 Å². The molecule has 2 atom stereocenters. The number of aromatic nitrogens is 1. The van der Waals surface area contributed by atoms with Gasteiger partial charge in [0.2, 0.25) is 0 Å². The number of pyridine rings is 1. The zero-order valence-corrected chi connectivity index (χ0v) is 9.63. The summed E-state index contributed by atoms with van der Waals surface area (Å²) in [5.41, 5.74) is 1.06. The summed E-state index contributed by atoms with van der Waals surface area (Å²) in [6.07, 6.45) is 1.53. The number of hydrogen-bond acceptors (Lipinski definition) is 4. The Bertz CT molecular complexity index is 317. The quantitative estimate of drug-likeness (QED) is 0.751. The average molecular weight is 221 g/mol. The minimum atomic E-state index is -0.284. The van der Waals surface area contributed by atoms with Gasteiger partial charge < -0.3 is 10.4 Å². The minimum Gasteiger partial charge on any atom is -0.390 e. The first kappa shape index (κ1) is 11.5. The Hall–Kier alpha value is -0.970. The summed E-state index contributed by atoms with van der Waals surface area (Å²) < 4.78 is 0. The van der Waals surface area contributed by atoms with E-state index < -0.39 is 0 Å². The Morgan fingerprint density at radius 2 is 2.38 bits per heavy atom. The number of nitrogens with zero attached hydrogens (tertiary/aromatic N) is 2. The molecule has 0 amide bonds. The molecule has 2 unspecified atom stereocenters. The minimum absolute atomic E-state index is 0.284. The van der Waals surface area contributed by atoms with Gasteiger partial charge in [-0.25, -0.2) is 0 Å². The Morgan fingerprint density at radius 1 is 1.50 bits per heavy atom. The van der Waals surface area contributed by atoms with Crippen LogP contribution in [0.15, 0.2) is 24.4 Å². The van der Waals surface area contributed by atoms with E-state index >= 15 is 0 Å². The lowest BCUT2D eigenvalue weighted by Gasteiger charge is -2.27. The van der Waals surface area contributed by atoms with E-state index in [2.05, 4.69) is 22.1 Å². The molecule has 0 saturated carbocycles. The first-order valence-electron chi connectivity index (χ1n) is 5.78. The van der Waals surface area contributed by atoms with E-state index in [0.717, 1.165) is 18.8 Å². The molecular formula is C12H19N3O. The van der Waals surface area contributed by atoms with Crippen molar-refractivity contribution in [3.63, 3.8) is 0 Å². The third-order valence-corrected chi connectivity index (χ3v) is 2.98. The lowest BCUT2D eigenvalue weighted by Crippen LogP contribution is -2.38. The summed E-state index contributed by atoms with van der Waals surface area (Å²) in [7, 11) is 0. The number of hydrogen-bond donors (Lipinski definition) is 2. The third kappa shape index (κ3) is 3.01. The largest absolute Gasteiger partial charge is 0.390 e. The van der Waals surface area contributed by atoms with E-state index in [1.165, 1.54) is 0 Å². The Morgan fingerprint density at radius 3 is 3.12 bits per heavy atom. The van der Waals surface area contributed by atoms with Crippen LogP contribution in [0.3, 0.4) is 0 Å². The third-order valence-electron chi connectivity index (χ3n) is 2.98. The first-order chi connectivity index (χ1) is 7.75. The lowest BCUT2D eigenvalue weighted by atomic mass is 10.2. The molecule has 0 spiro atoms. The van der Waals surface area contributed by atoms with Gasteiger partial charge in [0, 0.05) is 38.4 Å². The average Bonchev–Trinajstić information content (AvgIpc) is 2.43. The highest BCUT2D eigenvalue weighted by Crippen LogP contribution is 2.08. The maximum atomic E-state index is 9.73. The number of aliphatic hydroxyl groups is 1. The van der Waals surface area contributed by atoms with Crippen LogP contribution >= 0.6 is 0 Å². The van der Waals surface area contributed by atoms with Crippen molar-refractivity contribution in [3.05, 3.63) is 30.1 Å². The zero-order chi connectivity index (χ0) is 11.4. The van der Waals surface area contributed by atoms with Gasteiger partial charge in [0.1, 0.15) is 0 Å². The molecule has 1 aromatic rings. The fraction of sp³-hybridized carbons (Fsp3) is 0.583. The summed E-state index contributed by atoms with van der Waals surface area (Å²) in [5.74, 6) is 0. The molecular weight excluding hydrogens is 202 g/mol. The van der Waals surface area contributed by atoms with Crippen molar-refractivity contribution in [2.75, 3.05) is 19.6 Å². The second-order valence-electron chi connectivity index (χ2n) is 4.41. The molecule has 2 rings (SSSR count). The van der Waals surface area contributed by atoms with E-state index in [4.69, 9.17) is 0 Å². The van der Waals surface area contributed by atoms with E-state index in [0.29, 0.717) is 19.1 Å². The molecule has 1 aliphatic rings. The summed E-state index contributed by atoms with van der Waals surface area (Å²) in [5, 5.41) is 13.0. The molecule has 0 aromatic carbocycles. The second-order valence-corrected chi connectivity index (χ2v) is 4.41. The maximum Gasteiger partial charge on any atom is 0.0791 e. The highest BCUT2D eigenvalue weighted by molar-refractivity contribution is 5.03. The summed E-state index contributed by atoms with van der Waals surface area (Å²) >= 11 is 0. The molecule has 1 aromatic heterocycles. The van der Waals surface area contributed by atoms with Crippen molar-refractivity contribution in [3.8, 4) is 0 Å². The predicted octanol–water partition coefficient (Wildman–Crippen LogP) is 0.236. The van der Waals surface area contributed by atoms with E-state index in [1.807, 2.05) is 24.4 Å². The standard InChI is InChI=1S/C12H19N3O/c1-10-6-13-7-12(16)9-15(10)8-11-4-2-3-5-14-11/h2-5,10,12-13,16H,6-9H2,1H3. The van der Waals surface area contributed by atoms with Gasteiger partial charge in [-0.05, 0) is 19.1 Å². The van der Waals surface area contributed by atoms with E-state index in [1.54, 1.807) is 0 Å². The van der Waals surface area contributed by atoms with Crippen LogP contribution in [0.4, 0.5) is 0 Å². The summed E-state index contributed by atoms with van der Waals surface area (Å²) in [4.78, 5) is 6.59. The lowest BCUT2D eigenvalue weighted by molar-refractivity contribution is 0.108. The molecule has 0 bridgehead atoms. The zero-order valence-electron chi connectivity index (χ0n) is 9.63. The SMILES string of the molecule is CC1CNCC(O)CN1Cc1ccccn1. The van der Waals surface area contributed by atoms with Gasteiger partial charge in [-0.3, -0.25) is 9.88 Å². The van der Waals surface area contributed by atoms with Crippen LogP contribution < -0.4 is 5.32 Å². The Balaban J connectivity index is 2.01. The van der Waals surface area contributed by atoms with E-state index in [-0.39, 0.29) is 6.10 Å². The van der Waals surface area contributed by atoms with Gasteiger partial charge in [-0.1, -0.05) is 6.07 Å². The number of nitrogens with one attached hydrogen (secondary N) is 1. The second kappa shape index (κ2) is 5.39. The molecule has 4 heteroatoms. The number of aliphatic hydroxyl groups excluding tert-OH is 1. The van der Waals surface area contributed by atoms with Crippen molar-refractivity contribution < 1.29 is 5.11 Å². The van der Waals surface area contributed by atoms with E-state index in [9.17, 15) is 5.11 Å². The highest BCUT2D eigenvalue weighted by Gasteiger charge is 2.21. The fourth-order valence-electron chi connectivity index (χ4n) is 2.02. The Labute approximate surface area is 96.3 Å². The topological polar surface area (TPSA) is 48.4 Å². The fourth-order valence-corrected chi connectivity index (χ4v) is 2.02. The normalized spacial score (nSPS) is 27.6. The number of β-amino-alcohol motifs (C(OH)–C–C–N with tert-alkyl or cyclic N) is 1. The molecule has 1 aliphatic heterocycles. The van der Waals surface area contributed by atoms with Crippen molar-refractivity contribution in [2.24, 2.45) is 0 Å². The predicted molar refractivity (Wildman–Crippen MR) is 63.0 cm³/mol. The van der Waals surface area contributed by atoms with Crippen LogP contribution in [-0.4, -0.2) is 46.8 Å². The van der Waals surface area contributed by atoms with Gasteiger partial charge in [0.05, 0.1) is 11.8 Å². The summed E-state index contributed by atoms with van der Waals surface area (Å²) in [6.45, 7) is 5.30. The van der Waals surface area contributed by atoms with Crippen LogP contribution in [-0.2, 0) is 6.54 Å². The molecule has 0 aliphatic carbocycles. The van der Waals surface area contributed by atoms with Crippen molar-refractivity contribution in [1.82, 2.24) is 15.2 Å².